The first-order valence-electron chi connectivity index (χ1n) is 13.5. The van der Waals surface area contributed by atoms with Crippen molar-refractivity contribution in [3.63, 3.8) is 0 Å². The molecule has 0 atom stereocenters. The molecule has 2 heterocycles. The molecule has 2 saturated heterocycles. The molecule has 2 fully saturated rings. The molecule has 2 aliphatic heterocycles. The first-order chi connectivity index (χ1) is 18.2. The summed E-state index contributed by atoms with van der Waals surface area (Å²) in [6, 6.07) is 15.6. The monoisotopic (exact) mass is 523 g/mol. The third kappa shape index (κ3) is 8.72. The molecule has 206 valence electrons. The van der Waals surface area contributed by atoms with Crippen molar-refractivity contribution in [2.75, 3.05) is 51.2 Å². The van der Waals surface area contributed by atoms with Gasteiger partial charge in [-0.25, -0.2) is 0 Å². The van der Waals surface area contributed by atoms with Gasteiger partial charge < -0.3 is 20.1 Å². The number of anilines is 1. The van der Waals surface area contributed by atoms with Gasteiger partial charge in [0.15, 0.2) is 0 Å². The van der Waals surface area contributed by atoms with E-state index in [2.05, 4.69) is 26.2 Å². The largest absolute Gasteiger partial charge is 0.492 e. The quantitative estimate of drug-likeness (QED) is 0.353. The van der Waals surface area contributed by atoms with Crippen LogP contribution in [0.2, 0.25) is 0 Å². The summed E-state index contributed by atoms with van der Waals surface area (Å²) in [5.41, 5.74) is 2.09. The number of esters is 1. The predicted molar refractivity (Wildman–Crippen MR) is 148 cm³/mol. The molecular weight excluding hydrogens is 482 g/mol. The summed E-state index contributed by atoms with van der Waals surface area (Å²) in [4.78, 5) is 26.7. The maximum atomic E-state index is 12.4. The van der Waals surface area contributed by atoms with Crippen LogP contribution in [0.25, 0.3) is 0 Å². The van der Waals surface area contributed by atoms with Crippen LogP contribution in [0.1, 0.15) is 55.5 Å². The molecule has 4 rings (SSSR count). The molecule has 9 heteroatoms. The molecule has 0 aromatic heterocycles. The van der Waals surface area contributed by atoms with E-state index in [9.17, 15) is 9.59 Å². The van der Waals surface area contributed by atoms with Gasteiger partial charge in [-0.05, 0) is 88.7 Å². The highest BCUT2D eigenvalue weighted by atomic mass is 16.6. The Morgan fingerprint density at radius 1 is 0.974 bits per heavy atom. The molecule has 9 nitrogen and oxygen atoms in total. The van der Waals surface area contributed by atoms with E-state index < -0.39 is 11.6 Å². The second kappa shape index (κ2) is 13.1. The van der Waals surface area contributed by atoms with Crippen molar-refractivity contribution in [1.82, 2.24) is 20.9 Å². The average molecular weight is 524 g/mol. The standard InChI is InChI=1S/C29H41N5O4/c1-29(2,3)38-26(35)20-30-27(36)22-8-6-21(7-9-22)23-18-31-28(32-19-23)33-24-10-12-25(13-11-24)37-17-16-34-14-4-5-15-34/h6-13,23,28,31-33H,4-5,14-20H2,1-3H3,(H,30,36). The summed E-state index contributed by atoms with van der Waals surface area (Å²) in [7, 11) is 0. The van der Waals surface area contributed by atoms with E-state index in [-0.39, 0.29) is 24.7 Å². The SMILES string of the molecule is CC(C)(C)OC(=O)CNC(=O)c1ccc(C2CNC(Nc3ccc(OCCN4CCCC4)cc3)NC2)cc1. The Balaban J connectivity index is 1.16. The van der Waals surface area contributed by atoms with Crippen LogP contribution in [0, 0.1) is 0 Å². The van der Waals surface area contributed by atoms with Gasteiger partial charge in [0.25, 0.3) is 5.91 Å². The minimum absolute atomic E-state index is 0.0360. The summed E-state index contributed by atoms with van der Waals surface area (Å²) in [6.07, 6.45) is 2.56. The van der Waals surface area contributed by atoms with Gasteiger partial charge in [-0.3, -0.25) is 25.1 Å². The highest BCUT2D eigenvalue weighted by Crippen LogP contribution is 2.20. The molecule has 4 N–H and O–H groups in total. The molecule has 2 aliphatic rings. The number of rotatable bonds is 10. The normalized spacial score (nSPS) is 20.1. The number of nitrogens with zero attached hydrogens (tertiary/aromatic N) is 1. The van der Waals surface area contributed by atoms with Crippen molar-refractivity contribution in [2.24, 2.45) is 0 Å². The maximum Gasteiger partial charge on any atom is 0.325 e. The number of likely N-dealkylation sites (tertiary alicyclic amines) is 1. The van der Waals surface area contributed by atoms with Gasteiger partial charge in [-0.1, -0.05) is 12.1 Å². The Kier molecular flexibility index (Phi) is 9.60. The van der Waals surface area contributed by atoms with E-state index in [4.69, 9.17) is 9.47 Å². The summed E-state index contributed by atoms with van der Waals surface area (Å²) >= 11 is 0. The van der Waals surface area contributed by atoms with E-state index >= 15 is 0 Å². The topological polar surface area (TPSA) is 104 Å². The van der Waals surface area contributed by atoms with Crippen LogP contribution in [0.4, 0.5) is 5.69 Å². The molecule has 0 radical (unpaired) electrons. The van der Waals surface area contributed by atoms with E-state index in [0.29, 0.717) is 5.56 Å². The number of hydrogen-bond acceptors (Lipinski definition) is 8. The maximum absolute atomic E-state index is 12.4. The fourth-order valence-corrected chi connectivity index (χ4v) is 4.65. The van der Waals surface area contributed by atoms with E-state index in [0.717, 1.165) is 43.2 Å². The van der Waals surface area contributed by atoms with E-state index in [1.165, 1.54) is 25.9 Å². The second-order valence-corrected chi connectivity index (χ2v) is 10.9. The zero-order valence-electron chi connectivity index (χ0n) is 22.7. The minimum Gasteiger partial charge on any atom is -0.492 e. The highest BCUT2D eigenvalue weighted by Gasteiger charge is 2.22. The fraction of sp³-hybridized carbons (Fsp3) is 0.517. The molecule has 2 aromatic rings. The summed E-state index contributed by atoms with van der Waals surface area (Å²) in [5.74, 6) is 0.413. The second-order valence-electron chi connectivity index (χ2n) is 10.9. The summed E-state index contributed by atoms with van der Waals surface area (Å²) < 4.78 is 11.1. The molecule has 0 aliphatic carbocycles. The van der Waals surface area contributed by atoms with Gasteiger partial charge in [0.2, 0.25) is 0 Å². The zero-order chi connectivity index (χ0) is 27.0. The van der Waals surface area contributed by atoms with Crippen LogP contribution in [0.3, 0.4) is 0 Å². The molecular formula is C29H41N5O4. The van der Waals surface area contributed by atoms with Crippen molar-refractivity contribution >= 4 is 17.6 Å². The number of nitrogens with one attached hydrogen (secondary N) is 4. The number of carbonyl (C=O) groups is 2. The molecule has 0 bridgehead atoms. The predicted octanol–water partition coefficient (Wildman–Crippen LogP) is 2.90. The summed E-state index contributed by atoms with van der Waals surface area (Å²) in [5, 5.41) is 13.1. The number of benzene rings is 2. The highest BCUT2D eigenvalue weighted by molar-refractivity contribution is 5.95. The van der Waals surface area contributed by atoms with Crippen LogP contribution < -0.4 is 26.0 Å². The van der Waals surface area contributed by atoms with Gasteiger partial charge in [0.05, 0.1) is 0 Å². The van der Waals surface area contributed by atoms with Crippen LogP contribution in [-0.4, -0.2) is 74.5 Å². The van der Waals surface area contributed by atoms with Crippen LogP contribution in [-0.2, 0) is 9.53 Å². The zero-order valence-corrected chi connectivity index (χ0v) is 22.7. The Morgan fingerprint density at radius 2 is 1.63 bits per heavy atom. The van der Waals surface area contributed by atoms with Crippen LogP contribution in [0.5, 0.6) is 5.75 Å². The van der Waals surface area contributed by atoms with Crippen LogP contribution >= 0.6 is 0 Å². The molecule has 0 saturated carbocycles. The van der Waals surface area contributed by atoms with Crippen molar-refractivity contribution in [3.05, 3.63) is 59.7 Å². The lowest BCUT2D eigenvalue weighted by Crippen LogP contribution is -2.55. The Hall–Kier alpha value is -3.14. The van der Waals surface area contributed by atoms with E-state index in [1.807, 2.05) is 36.4 Å². The Labute approximate surface area is 225 Å². The molecule has 0 unspecified atom stereocenters. The molecule has 0 spiro atoms. The average Bonchev–Trinajstić information content (AvgIpc) is 3.42. The minimum atomic E-state index is -0.577. The number of ether oxygens (including phenoxy) is 2. The molecule has 2 aromatic carbocycles. The van der Waals surface area contributed by atoms with Gasteiger partial charge in [0.1, 0.15) is 30.8 Å². The number of hydrogen-bond donors (Lipinski definition) is 4. The Bertz CT molecular complexity index is 1040. The fourth-order valence-electron chi connectivity index (χ4n) is 4.65. The Morgan fingerprint density at radius 3 is 2.26 bits per heavy atom. The third-order valence-electron chi connectivity index (χ3n) is 6.63. The van der Waals surface area contributed by atoms with Crippen molar-refractivity contribution in [3.8, 4) is 5.75 Å². The molecule has 1 amide bonds. The van der Waals surface area contributed by atoms with Gasteiger partial charge in [-0.15, -0.1) is 0 Å². The first kappa shape index (κ1) is 27.9. The van der Waals surface area contributed by atoms with E-state index in [1.54, 1.807) is 32.9 Å². The lowest BCUT2D eigenvalue weighted by molar-refractivity contribution is -0.153. The van der Waals surface area contributed by atoms with Crippen LogP contribution in [0.15, 0.2) is 48.5 Å². The van der Waals surface area contributed by atoms with Crippen molar-refractivity contribution in [2.45, 2.75) is 51.4 Å². The van der Waals surface area contributed by atoms with Crippen molar-refractivity contribution < 1.29 is 19.1 Å². The summed E-state index contributed by atoms with van der Waals surface area (Å²) in [6.45, 7) is 10.9. The van der Waals surface area contributed by atoms with Gasteiger partial charge >= 0.3 is 5.97 Å². The van der Waals surface area contributed by atoms with Gasteiger partial charge in [0, 0.05) is 36.8 Å². The number of carbonyl (C=O) groups excluding carboxylic acids is 2. The first-order valence-corrected chi connectivity index (χ1v) is 13.5. The van der Waals surface area contributed by atoms with Crippen molar-refractivity contribution in [1.29, 1.82) is 0 Å². The lowest BCUT2D eigenvalue weighted by Gasteiger charge is -2.32. The third-order valence-corrected chi connectivity index (χ3v) is 6.63. The smallest absolute Gasteiger partial charge is 0.325 e. The lowest BCUT2D eigenvalue weighted by atomic mass is 9.96. The number of amides is 1. The van der Waals surface area contributed by atoms with Gasteiger partial charge in [-0.2, -0.15) is 0 Å². The molecule has 38 heavy (non-hydrogen) atoms.